The van der Waals surface area contributed by atoms with Gasteiger partial charge in [0.05, 0.1) is 11.3 Å². The smallest absolute Gasteiger partial charge is 0.173 e. The number of imidazole rings is 1. The van der Waals surface area contributed by atoms with Gasteiger partial charge in [0, 0.05) is 0 Å². The molecule has 0 aliphatic rings. The highest BCUT2D eigenvalue weighted by molar-refractivity contribution is 5.70. The molecule has 0 bridgehead atoms. The summed E-state index contributed by atoms with van der Waals surface area (Å²) in [5, 5.41) is 11.9. The maximum atomic E-state index is 8.92. The second-order valence-corrected chi connectivity index (χ2v) is 3.37. The third kappa shape index (κ3) is 1.81. The second-order valence-electron chi connectivity index (χ2n) is 3.37. The molecule has 1 aromatic carbocycles. The SMILES string of the molecule is Cc1nc(Nc2ccccc2C#N)c(N)[nH]1. The Hall–Kier alpha value is -2.48. The third-order valence-electron chi connectivity index (χ3n) is 2.15. The molecule has 1 aromatic heterocycles. The van der Waals surface area contributed by atoms with E-state index in [4.69, 9.17) is 11.0 Å². The fourth-order valence-corrected chi connectivity index (χ4v) is 1.42. The van der Waals surface area contributed by atoms with Gasteiger partial charge in [-0.25, -0.2) is 4.98 Å². The van der Waals surface area contributed by atoms with Gasteiger partial charge in [-0.15, -0.1) is 0 Å². The molecule has 0 saturated carbocycles. The van der Waals surface area contributed by atoms with Crippen LogP contribution >= 0.6 is 0 Å². The molecule has 4 N–H and O–H groups in total. The van der Waals surface area contributed by atoms with E-state index >= 15 is 0 Å². The van der Waals surface area contributed by atoms with Crippen LogP contribution in [0.5, 0.6) is 0 Å². The first-order valence-electron chi connectivity index (χ1n) is 4.79. The highest BCUT2D eigenvalue weighted by Gasteiger charge is 2.07. The molecule has 5 nitrogen and oxygen atoms in total. The number of hydrogen-bond donors (Lipinski definition) is 3. The molecule has 80 valence electrons. The number of rotatable bonds is 2. The van der Waals surface area contributed by atoms with Crippen molar-refractivity contribution in [2.45, 2.75) is 6.92 Å². The molecule has 0 amide bonds. The van der Waals surface area contributed by atoms with Crippen molar-refractivity contribution in [3.05, 3.63) is 35.7 Å². The number of hydrogen-bond acceptors (Lipinski definition) is 4. The molecule has 2 rings (SSSR count). The molecule has 0 aliphatic carbocycles. The van der Waals surface area contributed by atoms with Gasteiger partial charge in [0.1, 0.15) is 17.7 Å². The van der Waals surface area contributed by atoms with Crippen LogP contribution in [0, 0.1) is 18.3 Å². The van der Waals surface area contributed by atoms with Gasteiger partial charge in [-0.1, -0.05) is 12.1 Å². The molecule has 0 unspecified atom stereocenters. The van der Waals surface area contributed by atoms with Gasteiger partial charge in [-0.05, 0) is 19.1 Å². The topological polar surface area (TPSA) is 90.5 Å². The highest BCUT2D eigenvalue weighted by atomic mass is 15.1. The summed E-state index contributed by atoms with van der Waals surface area (Å²) in [5.41, 5.74) is 6.97. The van der Waals surface area contributed by atoms with Crippen LogP contribution in [0.25, 0.3) is 0 Å². The number of benzene rings is 1. The lowest BCUT2D eigenvalue weighted by atomic mass is 10.2. The Morgan fingerprint density at radius 1 is 1.44 bits per heavy atom. The summed E-state index contributed by atoms with van der Waals surface area (Å²) >= 11 is 0. The lowest BCUT2D eigenvalue weighted by Gasteiger charge is -2.05. The van der Waals surface area contributed by atoms with Crippen LogP contribution in [0.2, 0.25) is 0 Å². The molecule has 0 aliphatic heterocycles. The monoisotopic (exact) mass is 213 g/mol. The van der Waals surface area contributed by atoms with Crippen LogP contribution < -0.4 is 11.1 Å². The van der Waals surface area contributed by atoms with Gasteiger partial charge in [-0.2, -0.15) is 5.26 Å². The van der Waals surface area contributed by atoms with Crippen LogP contribution in [-0.2, 0) is 0 Å². The van der Waals surface area contributed by atoms with E-state index in [9.17, 15) is 0 Å². The van der Waals surface area contributed by atoms with Crippen molar-refractivity contribution in [1.82, 2.24) is 9.97 Å². The number of para-hydroxylation sites is 1. The van der Waals surface area contributed by atoms with Crippen LogP contribution in [0.15, 0.2) is 24.3 Å². The average Bonchev–Trinajstić information content (AvgIpc) is 2.58. The van der Waals surface area contributed by atoms with E-state index in [1.807, 2.05) is 25.1 Å². The Labute approximate surface area is 92.9 Å². The Morgan fingerprint density at radius 3 is 2.81 bits per heavy atom. The Morgan fingerprint density at radius 2 is 2.19 bits per heavy atom. The lowest BCUT2D eigenvalue weighted by Crippen LogP contribution is -1.97. The standard InChI is InChI=1S/C11H11N5/c1-7-14-10(13)11(15-7)16-9-5-3-2-4-8(9)6-12/h2-5,16H,13H2,1H3,(H,14,15). The number of nitriles is 1. The average molecular weight is 213 g/mol. The van der Waals surface area contributed by atoms with Crippen LogP contribution in [-0.4, -0.2) is 9.97 Å². The van der Waals surface area contributed by atoms with E-state index < -0.39 is 0 Å². The Kier molecular flexibility index (Phi) is 2.48. The van der Waals surface area contributed by atoms with Crippen molar-refractivity contribution >= 4 is 17.3 Å². The molecule has 5 heteroatoms. The summed E-state index contributed by atoms with van der Waals surface area (Å²) in [7, 11) is 0. The van der Waals surface area contributed by atoms with Crippen LogP contribution in [0.4, 0.5) is 17.3 Å². The molecule has 0 saturated heterocycles. The minimum absolute atomic E-state index is 0.463. The van der Waals surface area contributed by atoms with Gasteiger partial charge in [-0.3, -0.25) is 0 Å². The minimum atomic E-state index is 0.463. The number of aromatic nitrogens is 2. The van der Waals surface area contributed by atoms with Gasteiger partial charge >= 0.3 is 0 Å². The first kappa shape index (κ1) is 10.1. The van der Waals surface area contributed by atoms with E-state index in [2.05, 4.69) is 21.4 Å². The fourth-order valence-electron chi connectivity index (χ4n) is 1.42. The van der Waals surface area contributed by atoms with E-state index in [1.165, 1.54) is 0 Å². The van der Waals surface area contributed by atoms with Crippen LogP contribution in [0.1, 0.15) is 11.4 Å². The fraction of sp³-hybridized carbons (Fsp3) is 0.0909. The molecule has 16 heavy (non-hydrogen) atoms. The van der Waals surface area contributed by atoms with E-state index in [-0.39, 0.29) is 0 Å². The maximum absolute atomic E-state index is 8.92. The molecule has 2 aromatic rings. The Bertz CT molecular complexity index is 550. The Balaban J connectivity index is 2.34. The largest absolute Gasteiger partial charge is 0.382 e. The predicted molar refractivity (Wildman–Crippen MR) is 62.2 cm³/mol. The van der Waals surface area contributed by atoms with Gasteiger partial charge in [0.2, 0.25) is 0 Å². The number of anilines is 3. The van der Waals surface area contributed by atoms with Crippen LogP contribution in [0.3, 0.4) is 0 Å². The zero-order chi connectivity index (χ0) is 11.5. The number of aromatic amines is 1. The normalized spacial score (nSPS) is 9.75. The van der Waals surface area contributed by atoms with E-state index in [0.717, 1.165) is 5.82 Å². The summed E-state index contributed by atoms with van der Waals surface area (Å²) in [6.45, 7) is 1.82. The number of nitrogens with two attached hydrogens (primary N) is 1. The van der Waals surface area contributed by atoms with Gasteiger partial charge in [0.25, 0.3) is 0 Å². The molecule has 0 atom stereocenters. The molecule has 0 radical (unpaired) electrons. The summed E-state index contributed by atoms with van der Waals surface area (Å²) < 4.78 is 0. The number of nitrogens with zero attached hydrogens (tertiary/aromatic N) is 2. The van der Waals surface area contributed by atoms with Crippen molar-refractivity contribution in [3.63, 3.8) is 0 Å². The maximum Gasteiger partial charge on any atom is 0.173 e. The predicted octanol–water partition coefficient (Wildman–Crippen LogP) is 1.92. The highest BCUT2D eigenvalue weighted by Crippen LogP contribution is 2.22. The third-order valence-corrected chi connectivity index (χ3v) is 2.15. The van der Waals surface area contributed by atoms with Crippen molar-refractivity contribution in [1.29, 1.82) is 5.26 Å². The molecule has 0 spiro atoms. The molecular formula is C11H11N5. The summed E-state index contributed by atoms with van der Waals surface area (Å²) in [4.78, 5) is 7.07. The lowest BCUT2D eigenvalue weighted by molar-refractivity contribution is 1.15. The van der Waals surface area contributed by atoms with Crippen molar-refractivity contribution in [2.75, 3.05) is 11.1 Å². The quantitative estimate of drug-likeness (QED) is 0.710. The van der Waals surface area contributed by atoms with Gasteiger partial charge < -0.3 is 16.0 Å². The van der Waals surface area contributed by atoms with Crippen molar-refractivity contribution in [3.8, 4) is 6.07 Å². The number of nitrogen functional groups attached to an aromatic ring is 1. The second kappa shape index (κ2) is 3.95. The van der Waals surface area contributed by atoms with E-state index in [0.29, 0.717) is 22.9 Å². The molecule has 1 heterocycles. The first-order valence-corrected chi connectivity index (χ1v) is 4.79. The number of aryl methyl sites for hydroxylation is 1. The summed E-state index contributed by atoms with van der Waals surface area (Å²) in [5.74, 6) is 1.74. The van der Waals surface area contributed by atoms with Crippen molar-refractivity contribution < 1.29 is 0 Å². The summed E-state index contributed by atoms with van der Waals surface area (Å²) in [6.07, 6.45) is 0. The summed E-state index contributed by atoms with van der Waals surface area (Å²) in [6, 6.07) is 9.30. The number of nitrogens with one attached hydrogen (secondary N) is 2. The van der Waals surface area contributed by atoms with Gasteiger partial charge in [0.15, 0.2) is 5.82 Å². The van der Waals surface area contributed by atoms with E-state index in [1.54, 1.807) is 6.07 Å². The minimum Gasteiger partial charge on any atom is -0.382 e. The first-order chi connectivity index (χ1) is 7.70. The number of H-pyrrole nitrogens is 1. The molecule has 0 fully saturated rings. The molecular weight excluding hydrogens is 202 g/mol. The zero-order valence-corrected chi connectivity index (χ0v) is 8.78. The zero-order valence-electron chi connectivity index (χ0n) is 8.78. The van der Waals surface area contributed by atoms with Crippen molar-refractivity contribution in [2.24, 2.45) is 0 Å².